The Kier molecular flexibility index (Phi) is 0.569. The predicted molar refractivity (Wildman–Crippen MR) is 86.2 cm³/mol. The van der Waals surface area contributed by atoms with Crippen LogP contribution >= 0.6 is 11.6 Å². The molecule has 132 valence electrons. The zero-order valence-corrected chi connectivity index (χ0v) is 16.1. The third kappa shape index (κ3) is 0.158. The molecule has 10 aliphatic heterocycles. The molecule has 0 radical (unpaired) electrons. The van der Waals surface area contributed by atoms with Gasteiger partial charge in [0.25, 0.3) is 0 Å². The SMILES string of the molecule is CC(C)(C)OC(=O)[C]12[CH]3[CH]4[CH]5[CH]1[Fe]45321678[CH]2[CH]1[CH]6[C]7(C(=O)CCCCl)[CH]28. The first-order chi connectivity index (χ1) is 11.0. The van der Waals surface area contributed by atoms with E-state index in [0.29, 0.717) is 18.1 Å². The quantitative estimate of drug-likeness (QED) is 0.375. The summed E-state index contributed by atoms with van der Waals surface area (Å²) in [5.74, 6) is 1.34. The summed E-state index contributed by atoms with van der Waals surface area (Å²) in [6, 6.07) is 0. The monoisotopic (exact) mass is 390 g/mol. The summed E-state index contributed by atoms with van der Waals surface area (Å²) in [5.41, 5.74) is -0.395. The summed E-state index contributed by atoms with van der Waals surface area (Å²) in [5, 5.41) is 0. The van der Waals surface area contributed by atoms with Crippen LogP contribution in [-0.2, 0) is 20.8 Å². The van der Waals surface area contributed by atoms with Crippen molar-refractivity contribution in [3.8, 4) is 0 Å². The molecule has 10 heterocycles. The molecule has 0 amide bonds. The molecule has 10 fully saturated rings. The topological polar surface area (TPSA) is 43.4 Å². The van der Waals surface area contributed by atoms with Crippen molar-refractivity contribution in [2.24, 2.45) is 0 Å². The number of rotatable bonds is 5. The van der Waals surface area contributed by atoms with E-state index in [9.17, 15) is 9.59 Å². The van der Waals surface area contributed by atoms with Gasteiger partial charge in [0.1, 0.15) is 0 Å². The van der Waals surface area contributed by atoms with Crippen LogP contribution in [-0.4, -0.2) is 23.2 Å². The molecule has 0 saturated carbocycles. The van der Waals surface area contributed by atoms with Crippen molar-refractivity contribution in [1.29, 1.82) is 0 Å². The number of ketones is 1. The molecule has 5 heteroatoms. The number of carbonyl (C=O) groups is 2. The van der Waals surface area contributed by atoms with Crippen molar-refractivity contribution < 1.29 is 20.8 Å². The number of hydrogen-bond donors (Lipinski definition) is 0. The van der Waals surface area contributed by atoms with E-state index >= 15 is 0 Å². The van der Waals surface area contributed by atoms with Crippen molar-refractivity contribution >= 4 is 23.4 Å². The number of esters is 1. The van der Waals surface area contributed by atoms with E-state index in [1.165, 1.54) is 0 Å². The molecule has 0 aromatic carbocycles. The maximum atomic E-state index is 13.5. The standard InChI is InChI=1S/C10H13O2.C9H10ClO.Fe/c1-10(2,3)12-9(11)8-6-4-5-7-8;10-7-3-6-9(11)8-4-1-2-5-8;/h4-7H,1-3H3;1-2,4-5H,3,6-7H2;. The minimum absolute atomic E-state index is 0.0156. The van der Waals surface area contributed by atoms with Gasteiger partial charge in [-0.25, -0.2) is 0 Å². The van der Waals surface area contributed by atoms with Crippen molar-refractivity contribution in [2.45, 2.75) is 86.4 Å². The third-order valence-electron chi connectivity index (χ3n) is 16.5. The Hall–Kier alpha value is -0.0505. The van der Waals surface area contributed by atoms with E-state index in [1.807, 2.05) is 20.8 Å². The van der Waals surface area contributed by atoms with Gasteiger partial charge in [-0.05, 0) is 0 Å². The molecule has 10 saturated heterocycles. The molecule has 8 unspecified atom stereocenters. The van der Waals surface area contributed by atoms with E-state index in [-0.39, 0.29) is 14.6 Å². The summed E-state index contributed by atoms with van der Waals surface area (Å²) in [4.78, 5) is 33.7. The number of fused-ring (bicyclic) bond motifs is 10. The van der Waals surface area contributed by atoms with Gasteiger partial charge in [-0.1, -0.05) is 0 Å². The van der Waals surface area contributed by atoms with Crippen LogP contribution in [0.4, 0.5) is 0 Å². The maximum absolute atomic E-state index is 13.5. The van der Waals surface area contributed by atoms with E-state index in [0.717, 1.165) is 45.0 Å². The van der Waals surface area contributed by atoms with Gasteiger partial charge in [0.2, 0.25) is 0 Å². The fraction of sp³-hybridized carbons (Fsp3) is 0.895. The van der Waals surface area contributed by atoms with Crippen LogP contribution in [0.5, 0.6) is 0 Å². The van der Waals surface area contributed by atoms with E-state index in [4.69, 9.17) is 16.3 Å². The number of Topliss-reactive ketones (excluding diaryl/α,β-unsaturated/α-hetero) is 1. The van der Waals surface area contributed by atoms with Crippen LogP contribution in [0.3, 0.4) is 0 Å². The van der Waals surface area contributed by atoms with Gasteiger partial charge in [0, 0.05) is 0 Å². The summed E-state index contributed by atoms with van der Waals surface area (Å²) in [7, 11) is 0. The van der Waals surface area contributed by atoms with Crippen LogP contribution in [0.15, 0.2) is 0 Å². The second kappa shape index (κ2) is 1.18. The number of ether oxygens (including phenoxy) is 1. The molecular formula is C19H23ClFeO3. The van der Waals surface area contributed by atoms with E-state index in [1.54, 1.807) is 0 Å². The molecule has 0 N–H and O–H groups in total. The second-order valence-electron chi connectivity index (χ2n) is 13.5. The Morgan fingerprint density at radius 1 is 1.00 bits per heavy atom. The Balaban J connectivity index is 1.28. The molecular weight excluding hydrogens is 368 g/mol. The van der Waals surface area contributed by atoms with E-state index < -0.39 is 12.1 Å². The summed E-state index contributed by atoms with van der Waals surface area (Å²) >= 11 is 5.89. The first-order valence-electron chi connectivity index (χ1n) is 9.58. The third-order valence-corrected chi connectivity index (χ3v) is 59.4. The van der Waals surface area contributed by atoms with Gasteiger partial charge in [0.05, 0.1) is 0 Å². The van der Waals surface area contributed by atoms with Gasteiger partial charge in [-0.3, -0.25) is 0 Å². The zero-order chi connectivity index (χ0) is 16.4. The predicted octanol–water partition coefficient (Wildman–Crippen LogP) is 5.05. The average molecular weight is 391 g/mol. The van der Waals surface area contributed by atoms with E-state index in [2.05, 4.69) is 0 Å². The number of halogens is 1. The van der Waals surface area contributed by atoms with Crippen LogP contribution < -0.4 is 0 Å². The van der Waals surface area contributed by atoms with Crippen molar-refractivity contribution in [3.05, 3.63) is 0 Å². The summed E-state index contributed by atoms with van der Waals surface area (Å²) < 4.78 is 6.14. The van der Waals surface area contributed by atoms with Crippen LogP contribution in [0.2, 0.25) is 47.2 Å². The first-order valence-corrected chi connectivity index (χ1v) is 16.3. The first kappa shape index (κ1) is 11.6. The molecule has 3 nitrogen and oxygen atoms in total. The molecule has 0 aromatic heterocycles. The molecule has 8 atom stereocenters. The molecule has 24 heavy (non-hydrogen) atoms. The zero-order valence-electron chi connectivity index (χ0n) is 14.2. The Labute approximate surface area is 136 Å². The van der Waals surface area contributed by atoms with Gasteiger partial charge in [-0.15, -0.1) is 0 Å². The van der Waals surface area contributed by atoms with Gasteiger partial charge >= 0.3 is 136 Å². The number of carbonyl (C=O) groups excluding carboxylic acids is 2. The van der Waals surface area contributed by atoms with Gasteiger partial charge in [0.15, 0.2) is 0 Å². The molecule has 0 bridgehead atoms. The fourth-order valence-electron chi connectivity index (χ4n) is 18.6. The summed E-state index contributed by atoms with van der Waals surface area (Å²) in [6.45, 7) is 1.99. The Morgan fingerprint density at radius 2 is 1.50 bits per heavy atom. The molecule has 0 aliphatic carbocycles. The van der Waals surface area contributed by atoms with Gasteiger partial charge in [-0.2, -0.15) is 0 Å². The normalized spacial score (nSPS) is 91.3. The second-order valence-corrected chi connectivity index (χ2v) is 37.1. The number of alkyl halides is 1. The van der Waals surface area contributed by atoms with Crippen molar-refractivity contribution in [2.75, 3.05) is 5.88 Å². The number of hydrogen-bond acceptors (Lipinski definition) is 3. The van der Waals surface area contributed by atoms with Crippen LogP contribution in [0.1, 0.15) is 33.6 Å². The molecule has 10 aliphatic rings. The fourth-order valence-corrected chi connectivity index (χ4v) is 94.2. The molecule has 0 aromatic rings. The Morgan fingerprint density at radius 3 is 1.92 bits per heavy atom. The Bertz CT molecular complexity index is 1250. The minimum atomic E-state index is -4.00. The van der Waals surface area contributed by atoms with Crippen molar-refractivity contribution in [1.82, 2.24) is 0 Å². The van der Waals surface area contributed by atoms with Crippen LogP contribution in [0, 0.1) is 0 Å². The van der Waals surface area contributed by atoms with Gasteiger partial charge < -0.3 is 0 Å². The van der Waals surface area contributed by atoms with Crippen LogP contribution in [0.25, 0.3) is 0 Å². The molecule has 10 rings (SSSR count). The van der Waals surface area contributed by atoms with Crippen molar-refractivity contribution in [3.63, 3.8) is 0 Å². The summed E-state index contributed by atoms with van der Waals surface area (Å²) in [6.07, 6.45) is 1.51. The molecule has 1 spiro atoms. The average Bonchev–Trinajstić information content (AvgIpc) is 3.43.